The molecule has 0 aromatic heterocycles. The molecule has 0 aliphatic carbocycles. The average molecular weight is 375 g/mol. The summed E-state index contributed by atoms with van der Waals surface area (Å²) >= 11 is 0. The van der Waals surface area contributed by atoms with E-state index in [1.165, 1.54) is 0 Å². The summed E-state index contributed by atoms with van der Waals surface area (Å²) in [6.45, 7) is 2.99. The van der Waals surface area contributed by atoms with Crippen LogP contribution < -0.4 is 10.5 Å². The van der Waals surface area contributed by atoms with Gasteiger partial charge in [-0.3, -0.25) is 4.79 Å². The second kappa shape index (κ2) is 9.20. The molecule has 28 heavy (non-hydrogen) atoms. The molecule has 1 unspecified atom stereocenters. The first-order chi connectivity index (χ1) is 13.6. The number of hydrogen-bond donors (Lipinski definition) is 1. The Balaban J connectivity index is 2.17. The molecule has 3 aromatic carbocycles. The molecule has 4 heteroatoms. The van der Waals surface area contributed by atoms with Crippen molar-refractivity contribution >= 4 is 5.91 Å². The van der Waals surface area contributed by atoms with Gasteiger partial charge in [-0.05, 0) is 34.4 Å². The lowest BCUT2D eigenvalue weighted by atomic mass is 9.85. The van der Waals surface area contributed by atoms with Gasteiger partial charge in [0.2, 0.25) is 5.91 Å². The van der Waals surface area contributed by atoms with Crippen molar-refractivity contribution in [2.75, 3.05) is 20.3 Å². The van der Waals surface area contributed by atoms with Crippen LogP contribution in [0.5, 0.6) is 5.75 Å². The van der Waals surface area contributed by atoms with Crippen LogP contribution in [0.1, 0.15) is 34.3 Å². The van der Waals surface area contributed by atoms with Gasteiger partial charge in [-0.2, -0.15) is 0 Å². The fourth-order valence-corrected chi connectivity index (χ4v) is 3.35. The van der Waals surface area contributed by atoms with Crippen LogP contribution in [0.4, 0.5) is 0 Å². The van der Waals surface area contributed by atoms with E-state index in [9.17, 15) is 4.79 Å². The van der Waals surface area contributed by atoms with Crippen LogP contribution in [0.2, 0.25) is 0 Å². The Kier molecular flexibility index (Phi) is 6.45. The quantitative estimate of drug-likeness (QED) is 0.584. The molecule has 0 aliphatic heterocycles. The number of hydrogen-bond acceptors (Lipinski definition) is 3. The number of benzene rings is 3. The summed E-state index contributed by atoms with van der Waals surface area (Å²) < 4.78 is 11.0. The second-order valence-electron chi connectivity index (χ2n) is 6.64. The number of carbonyl (C=O) groups excluding carboxylic acids is 1. The molecular formula is C24H25NO3. The van der Waals surface area contributed by atoms with E-state index in [0.29, 0.717) is 24.5 Å². The first-order valence-electron chi connectivity index (χ1n) is 9.31. The van der Waals surface area contributed by atoms with Gasteiger partial charge >= 0.3 is 0 Å². The minimum Gasteiger partial charge on any atom is -0.491 e. The highest BCUT2D eigenvalue weighted by atomic mass is 16.5. The minimum atomic E-state index is -0.444. The monoisotopic (exact) mass is 375 g/mol. The lowest BCUT2D eigenvalue weighted by Gasteiger charge is -2.21. The number of rotatable bonds is 8. The number of nitrogens with two attached hydrogens (primary N) is 1. The zero-order chi connectivity index (χ0) is 19.9. The molecule has 144 valence electrons. The van der Waals surface area contributed by atoms with Gasteiger partial charge in [0.25, 0.3) is 0 Å². The smallest absolute Gasteiger partial charge is 0.249 e. The van der Waals surface area contributed by atoms with E-state index in [1.54, 1.807) is 7.11 Å². The maximum Gasteiger partial charge on any atom is 0.249 e. The third-order valence-corrected chi connectivity index (χ3v) is 4.80. The van der Waals surface area contributed by atoms with Crippen molar-refractivity contribution in [3.8, 4) is 16.9 Å². The maximum absolute atomic E-state index is 12.5. The second-order valence-corrected chi connectivity index (χ2v) is 6.64. The number of carbonyl (C=O) groups is 1. The first-order valence-corrected chi connectivity index (χ1v) is 9.31. The number of primary amides is 1. The molecule has 0 bridgehead atoms. The van der Waals surface area contributed by atoms with E-state index in [4.69, 9.17) is 15.2 Å². The fraction of sp³-hybridized carbons (Fsp3) is 0.208. The van der Waals surface area contributed by atoms with E-state index < -0.39 is 5.91 Å². The van der Waals surface area contributed by atoms with Crippen molar-refractivity contribution in [1.29, 1.82) is 0 Å². The highest BCUT2D eigenvalue weighted by molar-refractivity contribution is 6.02. The van der Waals surface area contributed by atoms with Gasteiger partial charge in [-0.15, -0.1) is 0 Å². The molecule has 3 rings (SSSR count). The van der Waals surface area contributed by atoms with E-state index >= 15 is 0 Å². The van der Waals surface area contributed by atoms with E-state index in [0.717, 1.165) is 22.3 Å². The van der Waals surface area contributed by atoms with Crippen LogP contribution in [0.25, 0.3) is 11.1 Å². The van der Waals surface area contributed by atoms with Crippen LogP contribution in [0.3, 0.4) is 0 Å². The summed E-state index contributed by atoms with van der Waals surface area (Å²) in [6, 6.07) is 23.6. The number of amides is 1. The Morgan fingerprint density at radius 2 is 1.61 bits per heavy atom. The largest absolute Gasteiger partial charge is 0.491 e. The van der Waals surface area contributed by atoms with Crippen molar-refractivity contribution in [2.45, 2.75) is 12.8 Å². The van der Waals surface area contributed by atoms with Gasteiger partial charge in [-0.25, -0.2) is 0 Å². The number of ether oxygens (including phenoxy) is 2. The molecule has 2 N–H and O–H groups in total. The van der Waals surface area contributed by atoms with Crippen LogP contribution in [0.15, 0.2) is 72.8 Å². The summed E-state index contributed by atoms with van der Waals surface area (Å²) in [6.07, 6.45) is 0. The molecule has 0 spiro atoms. The summed E-state index contributed by atoms with van der Waals surface area (Å²) in [5.41, 5.74) is 10.0. The Morgan fingerprint density at radius 3 is 2.21 bits per heavy atom. The molecule has 0 aliphatic rings. The fourth-order valence-electron chi connectivity index (χ4n) is 3.35. The van der Waals surface area contributed by atoms with Gasteiger partial charge in [0.1, 0.15) is 12.4 Å². The molecule has 0 saturated heterocycles. The van der Waals surface area contributed by atoms with E-state index in [-0.39, 0.29) is 5.92 Å². The zero-order valence-corrected chi connectivity index (χ0v) is 16.2. The molecule has 3 aromatic rings. The number of methoxy groups -OCH3 is 1. The Morgan fingerprint density at radius 1 is 0.964 bits per heavy atom. The zero-order valence-electron chi connectivity index (χ0n) is 16.2. The SMILES string of the molecule is COCCOc1cc(-c2ccccc2)c(C(N)=O)c(C(C)c2ccccc2)c1. The van der Waals surface area contributed by atoms with Crippen LogP contribution in [-0.4, -0.2) is 26.2 Å². The predicted octanol–water partition coefficient (Wildman–Crippen LogP) is 4.63. The minimum absolute atomic E-state index is 0.0165. The van der Waals surface area contributed by atoms with E-state index in [1.807, 2.05) is 60.7 Å². The Bertz CT molecular complexity index is 923. The molecule has 4 nitrogen and oxygen atoms in total. The van der Waals surface area contributed by atoms with Crippen LogP contribution in [0, 0.1) is 0 Å². The van der Waals surface area contributed by atoms with Gasteiger partial charge < -0.3 is 15.2 Å². The standard InChI is InChI=1S/C24H25NO3/c1-17(18-9-5-3-6-10-18)21-15-20(28-14-13-27-2)16-22(23(21)24(25)26)19-11-7-4-8-12-19/h3-12,15-17H,13-14H2,1-2H3,(H2,25,26). The van der Waals surface area contributed by atoms with Gasteiger partial charge in [0.05, 0.1) is 12.2 Å². The molecular weight excluding hydrogens is 350 g/mol. The van der Waals surface area contributed by atoms with Crippen molar-refractivity contribution in [1.82, 2.24) is 0 Å². The highest BCUT2D eigenvalue weighted by Gasteiger charge is 2.22. The summed E-state index contributed by atoms with van der Waals surface area (Å²) in [4.78, 5) is 12.5. The van der Waals surface area contributed by atoms with E-state index in [2.05, 4.69) is 19.1 Å². The summed E-state index contributed by atoms with van der Waals surface area (Å²) in [5, 5.41) is 0. The Labute approximate surface area is 165 Å². The molecule has 0 fully saturated rings. The van der Waals surface area contributed by atoms with Gasteiger partial charge in [0.15, 0.2) is 0 Å². The van der Waals surface area contributed by atoms with Gasteiger partial charge in [-0.1, -0.05) is 67.6 Å². The molecule has 0 heterocycles. The van der Waals surface area contributed by atoms with Crippen LogP contribution >= 0.6 is 0 Å². The third-order valence-electron chi connectivity index (χ3n) is 4.80. The normalized spacial score (nSPS) is 11.8. The average Bonchev–Trinajstić information content (AvgIpc) is 2.74. The van der Waals surface area contributed by atoms with Crippen molar-refractivity contribution < 1.29 is 14.3 Å². The van der Waals surface area contributed by atoms with Crippen molar-refractivity contribution in [2.24, 2.45) is 5.73 Å². The summed E-state index contributed by atoms with van der Waals surface area (Å²) in [7, 11) is 1.64. The maximum atomic E-state index is 12.5. The lowest BCUT2D eigenvalue weighted by Crippen LogP contribution is -2.17. The van der Waals surface area contributed by atoms with Gasteiger partial charge in [0, 0.05) is 13.0 Å². The summed E-state index contributed by atoms with van der Waals surface area (Å²) in [5.74, 6) is 0.232. The van der Waals surface area contributed by atoms with Crippen molar-refractivity contribution in [3.05, 3.63) is 89.5 Å². The topological polar surface area (TPSA) is 61.6 Å². The predicted molar refractivity (Wildman–Crippen MR) is 112 cm³/mol. The van der Waals surface area contributed by atoms with Crippen LogP contribution in [-0.2, 0) is 4.74 Å². The first kappa shape index (κ1) is 19.6. The highest BCUT2D eigenvalue weighted by Crippen LogP contribution is 2.36. The molecule has 0 saturated carbocycles. The van der Waals surface area contributed by atoms with Crippen molar-refractivity contribution in [3.63, 3.8) is 0 Å². The molecule has 1 atom stereocenters. The molecule has 0 radical (unpaired) electrons. The molecule has 1 amide bonds. The third kappa shape index (κ3) is 4.41. The Hall–Kier alpha value is -3.11. The lowest BCUT2D eigenvalue weighted by molar-refractivity contribution is 0.0999.